The lowest BCUT2D eigenvalue weighted by atomic mass is 10.2. The molecule has 0 aliphatic rings. The van der Waals surface area contributed by atoms with Crippen LogP contribution in [0, 0.1) is 0 Å². The van der Waals surface area contributed by atoms with Crippen LogP contribution in [0.1, 0.15) is 11.3 Å². The summed E-state index contributed by atoms with van der Waals surface area (Å²) in [6.07, 6.45) is 1.75. The van der Waals surface area contributed by atoms with E-state index in [1.165, 1.54) is 0 Å². The van der Waals surface area contributed by atoms with Gasteiger partial charge in [-0.05, 0) is 37.9 Å². The van der Waals surface area contributed by atoms with Crippen LogP contribution >= 0.6 is 31.9 Å². The largest absolute Gasteiger partial charge is 0.240 e. The van der Waals surface area contributed by atoms with Crippen molar-refractivity contribution in [2.45, 2.75) is 0 Å². The Labute approximate surface area is 88.5 Å². The summed E-state index contributed by atoms with van der Waals surface area (Å²) in [5.41, 5.74) is 1.79. The van der Waals surface area contributed by atoms with Gasteiger partial charge in [0.15, 0.2) is 0 Å². The Kier molecular flexibility index (Phi) is 3.23. The monoisotopic (exact) mass is 287 g/mol. The average Bonchev–Trinajstić information content (AvgIpc) is 2.04. The molecule has 1 rings (SSSR count). The second kappa shape index (κ2) is 4.01. The predicted molar refractivity (Wildman–Crippen MR) is 60.0 cm³/mol. The van der Waals surface area contributed by atoms with Crippen LogP contribution in [0.25, 0.3) is 10.6 Å². The normalized spacial score (nSPS) is 9.50. The van der Waals surface area contributed by atoms with Gasteiger partial charge in [0.05, 0.1) is 5.69 Å². The van der Waals surface area contributed by atoms with Gasteiger partial charge < -0.3 is 0 Å². The van der Waals surface area contributed by atoms with Gasteiger partial charge in [-0.25, -0.2) is 4.98 Å². The number of aromatic nitrogens is 1. The van der Waals surface area contributed by atoms with Gasteiger partial charge in [-0.15, -0.1) is 0 Å². The van der Waals surface area contributed by atoms with Gasteiger partial charge in [0.1, 0.15) is 4.60 Å². The van der Waals surface area contributed by atoms with E-state index in [1.54, 1.807) is 6.08 Å². The van der Waals surface area contributed by atoms with Crippen LogP contribution < -0.4 is 0 Å². The van der Waals surface area contributed by atoms with Crippen molar-refractivity contribution >= 4 is 42.4 Å². The molecule has 0 saturated heterocycles. The lowest BCUT2D eigenvalue weighted by molar-refractivity contribution is 1.24. The molecule has 0 radical (unpaired) electrons. The summed E-state index contributed by atoms with van der Waals surface area (Å²) in [5, 5.41) is 0. The minimum absolute atomic E-state index is 0.763. The maximum atomic E-state index is 4.24. The van der Waals surface area contributed by atoms with E-state index in [0.29, 0.717) is 0 Å². The molecule has 0 N–H and O–H groups in total. The molecular formula is C9H7Br2N. The number of rotatable bonds is 2. The van der Waals surface area contributed by atoms with Gasteiger partial charge in [0.2, 0.25) is 0 Å². The highest BCUT2D eigenvalue weighted by atomic mass is 79.9. The zero-order valence-corrected chi connectivity index (χ0v) is 9.52. The molecule has 0 amide bonds. The first-order chi connectivity index (χ1) is 5.65. The quantitative estimate of drug-likeness (QED) is 0.753. The van der Waals surface area contributed by atoms with E-state index < -0.39 is 0 Å². The van der Waals surface area contributed by atoms with Crippen LogP contribution in [0.3, 0.4) is 0 Å². The number of hydrogen-bond acceptors (Lipinski definition) is 1. The standard InChI is InChI=1S/C9H7Br2N/c1-3-7-4-5-8(11)12-9(7)6(2)10/h3-5H,1-2H2. The molecule has 0 aromatic carbocycles. The molecule has 0 bridgehead atoms. The smallest absolute Gasteiger partial charge is 0.106 e. The summed E-state index contributed by atoms with van der Waals surface area (Å²) in [5.74, 6) is 0. The first kappa shape index (κ1) is 9.68. The lowest BCUT2D eigenvalue weighted by Crippen LogP contribution is -1.88. The van der Waals surface area contributed by atoms with Gasteiger partial charge in [0, 0.05) is 10.0 Å². The van der Waals surface area contributed by atoms with Crippen molar-refractivity contribution in [1.29, 1.82) is 0 Å². The van der Waals surface area contributed by atoms with Crippen molar-refractivity contribution in [2.75, 3.05) is 0 Å². The maximum absolute atomic E-state index is 4.24. The minimum Gasteiger partial charge on any atom is -0.240 e. The Morgan fingerprint density at radius 1 is 1.50 bits per heavy atom. The van der Waals surface area contributed by atoms with E-state index in [4.69, 9.17) is 0 Å². The van der Waals surface area contributed by atoms with E-state index in [0.717, 1.165) is 20.3 Å². The molecule has 1 aromatic rings. The lowest BCUT2D eigenvalue weighted by Gasteiger charge is -2.02. The second-order valence-electron chi connectivity index (χ2n) is 2.18. The topological polar surface area (TPSA) is 12.9 Å². The molecule has 0 spiro atoms. The molecule has 1 nitrogen and oxygen atoms in total. The Bertz CT molecular complexity index is 331. The predicted octanol–water partition coefficient (Wildman–Crippen LogP) is 3.85. The first-order valence-corrected chi connectivity index (χ1v) is 4.87. The SMILES string of the molecule is C=Cc1ccc(Br)nc1C(=C)Br. The molecule has 1 aromatic heterocycles. The third-order valence-corrected chi connectivity index (χ3v) is 2.19. The molecule has 0 aliphatic heterocycles. The van der Waals surface area contributed by atoms with Gasteiger partial charge in [-0.3, -0.25) is 0 Å². The van der Waals surface area contributed by atoms with Gasteiger partial charge >= 0.3 is 0 Å². The molecule has 0 unspecified atom stereocenters. The molecular weight excluding hydrogens is 282 g/mol. The molecule has 3 heteroatoms. The molecule has 0 atom stereocenters. The minimum atomic E-state index is 0.763. The molecule has 0 aliphatic carbocycles. The van der Waals surface area contributed by atoms with Crippen LogP contribution in [0.2, 0.25) is 0 Å². The van der Waals surface area contributed by atoms with Crippen LogP contribution in [-0.2, 0) is 0 Å². The first-order valence-electron chi connectivity index (χ1n) is 3.29. The van der Waals surface area contributed by atoms with E-state index >= 15 is 0 Å². The van der Waals surface area contributed by atoms with Crippen LogP contribution in [0.15, 0.2) is 29.9 Å². The van der Waals surface area contributed by atoms with E-state index in [2.05, 4.69) is 50.0 Å². The third-order valence-electron chi connectivity index (χ3n) is 1.37. The summed E-state index contributed by atoms with van der Waals surface area (Å²) in [6, 6.07) is 3.81. The fourth-order valence-electron chi connectivity index (χ4n) is 0.828. The summed E-state index contributed by atoms with van der Waals surface area (Å²) in [6.45, 7) is 7.45. The molecule has 62 valence electrons. The summed E-state index contributed by atoms with van der Waals surface area (Å²) in [7, 11) is 0. The van der Waals surface area contributed by atoms with Gasteiger partial charge in [-0.2, -0.15) is 0 Å². The van der Waals surface area contributed by atoms with Crippen molar-refractivity contribution < 1.29 is 0 Å². The highest BCUT2D eigenvalue weighted by molar-refractivity contribution is 9.15. The average molecular weight is 289 g/mol. The Morgan fingerprint density at radius 2 is 2.17 bits per heavy atom. The van der Waals surface area contributed by atoms with Crippen molar-refractivity contribution in [3.8, 4) is 0 Å². The van der Waals surface area contributed by atoms with Crippen molar-refractivity contribution in [1.82, 2.24) is 4.98 Å². The van der Waals surface area contributed by atoms with Crippen LogP contribution in [0.5, 0.6) is 0 Å². The molecule has 1 heterocycles. The number of pyridine rings is 1. The van der Waals surface area contributed by atoms with E-state index in [1.807, 2.05) is 12.1 Å². The summed E-state index contributed by atoms with van der Waals surface area (Å²) in [4.78, 5) is 4.24. The highest BCUT2D eigenvalue weighted by Crippen LogP contribution is 2.23. The Hall–Kier alpha value is -0.410. The van der Waals surface area contributed by atoms with E-state index in [-0.39, 0.29) is 0 Å². The van der Waals surface area contributed by atoms with E-state index in [9.17, 15) is 0 Å². The van der Waals surface area contributed by atoms with Gasteiger partial charge in [-0.1, -0.05) is 25.3 Å². The molecule has 0 fully saturated rings. The summed E-state index contributed by atoms with van der Waals surface area (Å²) < 4.78 is 1.56. The Morgan fingerprint density at radius 3 is 2.67 bits per heavy atom. The number of halogens is 2. The van der Waals surface area contributed by atoms with Crippen LogP contribution in [-0.4, -0.2) is 4.98 Å². The number of hydrogen-bond donors (Lipinski definition) is 0. The van der Waals surface area contributed by atoms with Gasteiger partial charge in [0.25, 0.3) is 0 Å². The fraction of sp³-hybridized carbons (Fsp3) is 0. The zero-order valence-electron chi connectivity index (χ0n) is 6.35. The van der Waals surface area contributed by atoms with Crippen molar-refractivity contribution in [2.24, 2.45) is 0 Å². The van der Waals surface area contributed by atoms with Crippen molar-refractivity contribution in [3.63, 3.8) is 0 Å². The molecule has 0 saturated carbocycles. The van der Waals surface area contributed by atoms with Crippen LogP contribution in [0.4, 0.5) is 0 Å². The fourth-order valence-corrected chi connectivity index (χ4v) is 1.46. The maximum Gasteiger partial charge on any atom is 0.106 e. The number of nitrogens with zero attached hydrogens (tertiary/aromatic N) is 1. The summed E-state index contributed by atoms with van der Waals surface area (Å²) >= 11 is 6.57. The zero-order chi connectivity index (χ0) is 9.14. The highest BCUT2D eigenvalue weighted by Gasteiger charge is 2.02. The third kappa shape index (κ3) is 2.05. The molecule has 12 heavy (non-hydrogen) atoms. The second-order valence-corrected chi connectivity index (χ2v) is 3.95. The Balaban J connectivity index is 3.30. The van der Waals surface area contributed by atoms with Crippen molar-refractivity contribution in [3.05, 3.63) is 41.2 Å².